The van der Waals surface area contributed by atoms with Gasteiger partial charge in [0.15, 0.2) is 0 Å². The number of rotatable bonds is 5. The van der Waals surface area contributed by atoms with Crippen LogP contribution in [0, 0.1) is 0 Å². The van der Waals surface area contributed by atoms with Crippen LogP contribution in [-0.4, -0.2) is 59.2 Å². The van der Waals surface area contributed by atoms with Crippen molar-refractivity contribution >= 4 is 24.2 Å². The third-order valence-corrected chi connectivity index (χ3v) is 4.44. The van der Waals surface area contributed by atoms with Gasteiger partial charge in [-0.15, -0.1) is 12.4 Å². The number of hydrogen-bond donors (Lipinski definition) is 2. The lowest BCUT2D eigenvalue weighted by atomic mass is 9.87. The van der Waals surface area contributed by atoms with Crippen LogP contribution in [-0.2, 0) is 15.1 Å². The highest BCUT2D eigenvalue weighted by atomic mass is 35.5. The van der Waals surface area contributed by atoms with E-state index in [0.29, 0.717) is 18.9 Å². The molecule has 1 saturated heterocycles. The van der Waals surface area contributed by atoms with Crippen LogP contribution >= 0.6 is 12.4 Å². The maximum Gasteiger partial charge on any atom is 0.250 e. The molecule has 2 N–H and O–H groups in total. The molecule has 1 aromatic rings. The fraction of sp³-hybridized carbons (Fsp3) is 0.667. The summed E-state index contributed by atoms with van der Waals surface area (Å²) in [5, 5.41) is 10.5. The van der Waals surface area contributed by atoms with Crippen LogP contribution in [0.1, 0.15) is 25.7 Å². The van der Waals surface area contributed by atoms with Gasteiger partial charge in [-0.1, -0.05) is 0 Å². The predicted octanol–water partition coefficient (Wildman–Crippen LogP) is 0.121. The fourth-order valence-corrected chi connectivity index (χ4v) is 3.05. The molecule has 1 saturated carbocycles. The Balaban J connectivity index is 0.00000192. The lowest BCUT2D eigenvalue weighted by molar-refractivity contribution is -0.144. The van der Waals surface area contributed by atoms with Crippen molar-refractivity contribution in [2.24, 2.45) is 0 Å². The molecule has 0 atom stereocenters. The topological polar surface area (TPSA) is 79.3 Å². The summed E-state index contributed by atoms with van der Waals surface area (Å²) in [6.45, 7) is 1.65. The number of hydrogen-bond acceptors (Lipinski definition) is 4. The van der Waals surface area contributed by atoms with E-state index < -0.39 is 5.54 Å². The van der Waals surface area contributed by atoms with Gasteiger partial charge < -0.3 is 15.5 Å². The quantitative estimate of drug-likeness (QED) is 0.797. The lowest BCUT2D eigenvalue weighted by Gasteiger charge is -2.39. The van der Waals surface area contributed by atoms with Gasteiger partial charge in [0.1, 0.15) is 5.54 Å². The molecule has 0 aromatic carbocycles. The van der Waals surface area contributed by atoms with E-state index in [1.54, 1.807) is 17.9 Å². The molecule has 0 radical (unpaired) electrons. The van der Waals surface area contributed by atoms with Gasteiger partial charge in [0, 0.05) is 25.5 Å². The summed E-state index contributed by atoms with van der Waals surface area (Å²) in [6.07, 6.45) is 6.99. The van der Waals surface area contributed by atoms with Gasteiger partial charge in [-0.05, 0) is 44.8 Å². The summed E-state index contributed by atoms with van der Waals surface area (Å²) < 4.78 is 1.76. The Labute approximate surface area is 142 Å². The molecule has 2 aliphatic rings. The van der Waals surface area contributed by atoms with E-state index in [9.17, 15) is 9.59 Å². The SMILES string of the molecule is CN(CC(=O)NC1CC1)C(=O)C1(n2cccn2)CCNCC1.Cl. The van der Waals surface area contributed by atoms with E-state index in [1.807, 2.05) is 12.3 Å². The summed E-state index contributed by atoms with van der Waals surface area (Å²) in [7, 11) is 1.70. The Morgan fingerprint density at radius 2 is 2.09 bits per heavy atom. The number of piperidine rings is 1. The largest absolute Gasteiger partial charge is 0.352 e. The average Bonchev–Trinajstić information content (AvgIpc) is 3.16. The van der Waals surface area contributed by atoms with Crippen molar-refractivity contribution in [1.82, 2.24) is 25.3 Å². The Morgan fingerprint density at radius 1 is 1.39 bits per heavy atom. The molecular formula is C15H24ClN5O2. The molecule has 2 heterocycles. The minimum absolute atomic E-state index is 0. The van der Waals surface area contributed by atoms with Gasteiger partial charge in [-0.3, -0.25) is 14.3 Å². The van der Waals surface area contributed by atoms with Crippen molar-refractivity contribution < 1.29 is 9.59 Å². The molecule has 3 rings (SSSR count). The van der Waals surface area contributed by atoms with E-state index in [0.717, 1.165) is 25.9 Å². The Morgan fingerprint density at radius 3 is 2.65 bits per heavy atom. The van der Waals surface area contributed by atoms with Crippen molar-refractivity contribution in [3.8, 4) is 0 Å². The van der Waals surface area contributed by atoms with Crippen LogP contribution in [0.4, 0.5) is 0 Å². The summed E-state index contributed by atoms with van der Waals surface area (Å²) >= 11 is 0. The molecule has 1 aliphatic carbocycles. The first-order chi connectivity index (χ1) is 10.6. The van der Waals surface area contributed by atoms with E-state index in [1.165, 1.54) is 4.90 Å². The number of nitrogens with zero attached hydrogens (tertiary/aromatic N) is 3. The van der Waals surface area contributed by atoms with E-state index in [-0.39, 0.29) is 30.8 Å². The molecule has 7 nitrogen and oxygen atoms in total. The average molecular weight is 342 g/mol. The van der Waals surface area contributed by atoms with Gasteiger partial charge in [-0.2, -0.15) is 5.10 Å². The monoisotopic (exact) mass is 341 g/mol. The van der Waals surface area contributed by atoms with Crippen LogP contribution in [0.5, 0.6) is 0 Å². The highest BCUT2D eigenvalue weighted by Gasteiger charge is 2.44. The van der Waals surface area contributed by atoms with Crippen LogP contribution < -0.4 is 10.6 Å². The molecule has 0 unspecified atom stereocenters. The number of carbonyl (C=O) groups excluding carboxylic acids is 2. The minimum Gasteiger partial charge on any atom is -0.352 e. The number of carbonyl (C=O) groups is 2. The van der Waals surface area contributed by atoms with E-state index in [4.69, 9.17) is 0 Å². The smallest absolute Gasteiger partial charge is 0.250 e. The van der Waals surface area contributed by atoms with Crippen LogP contribution in [0.2, 0.25) is 0 Å². The van der Waals surface area contributed by atoms with Crippen molar-refractivity contribution in [2.45, 2.75) is 37.3 Å². The molecule has 0 spiro atoms. The summed E-state index contributed by atoms with van der Waals surface area (Å²) in [5.41, 5.74) is -0.677. The number of likely N-dealkylation sites (N-methyl/N-ethyl adjacent to an activating group) is 1. The number of nitrogens with one attached hydrogen (secondary N) is 2. The van der Waals surface area contributed by atoms with Crippen molar-refractivity contribution in [1.29, 1.82) is 0 Å². The molecule has 0 bridgehead atoms. The van der Waals surface area contributed by atoms with Gasteiger partial charge in [0.05, 0.1) is 6.54 Å². The molecule has 2 fully saturated rings. The van der Waals surface area contributed by atoms with Gasteiger partial charge in [-0.25, -0.2) is 0 Å². The second-order valence-electron chi connectivity index (χ2n) is 6.24. The third kappa shape index (κ3) is 3.84. The number of aromatic nitrogens is 2. The zero-order valence-corrected chi connectivity index (χ0v) is 14.1. The standard InChI is InChI=1S/C15H23N5O2.ClH/c1-19(11-13(21)18-12-3-4-12)14(22)15(5-8-16-9-6-15)20-10-2-7-17-20;/h2,7,10,12,16H,3-6,8-9,11H2,1H3,(H,18,21);1H. The van der Waals surface area contributed by atoms with Crippen LogP contribution in [0.3, 0.4) is 0 Å². The van der Waals surface area contributed by atoms with Crippen molar-refractivity contribution in [3.63, 3.8) is 0 Å². The predicted molar refractivity (Wildman–Crippen MR) is 88.4 cm³/mol. The van der Waals surface area contributed by atoms with Gasteiger partial charge in [0.2, 0.25) is 5.91 Å². The molecule has 128 valence electrons. The molecule has 2 amide bonds. The van der Waals surface area contributed by atoms with E-state index in [2.05, 4.69) is 15.7 Å². The van der Waals surface area contributed by atoms with Gasteiger partial charge >= 0.3 is 0 Å². The molecule has 1 aromatic heterocycles. The number of amides is 2. The van der Waals surface area contributed by atoms with Crippen LogP contribution in [0.25, 0.3) is 0 Å². The molecule has 23 heavy (non-hydrogen) atoms. The second kappa shape index (κ2) is 7.31. The number of halogens is 1. The fourth-order valence-electron chi connectivity index (χ4n) is 3.05. The zero-order chi connectivity index (χ0) is 15.6. The first kappa shape index (κ1) is 17.7. The molecular weight excluding hydrogens is 318 g/mol. The van der Waals surface area contributed by atoms with E-state index >= 15 is 0 Å². The van der Waals surface area contributed by atoms with Crippen LogP contribution in [0.15, 0.2) is 18.5 Å². The maximum atomic E-state index is 13.0. The first-order valence-corrected chi connectivity index (χ1v) is 7.87. The minimum atomic E-state index is -0.677. The Hall–Kier alpha value is -1.60. The molecule has 8 heteroatoms. The Bertz CT molecular complexity index is 538. The lowest BCUT2D eigenvalue weighted by Crippen LogP contribution is -2.56. The second-order valence-corrected chi connectivity index (χ2v) is 6.24. The summed E-state index contributed by atoms with van der Waals surface area (Å²) in [4.78, 5) is 26.5. The van der Waals surface area contributed by atoms with Gasteiger partial charge in [0.25, 0.3) is 5.91 Å². The van der Waals surface area contributed by atoms with Crippen molar-refractivity contribution in [3.05, 3.63) is 18.5 Å². The summed E-state index contributed by atoms with van der Waals surface area (Å²) in [6, 6.07) is 2.15. The highest BCUT2D eigenvalue weighted by Crippen LogP contribution is 2.29. The third-order valence-electron chi connectivity index (χ3n) is 4.44. The highest BCUT2D eigenvalue weighted by molar-refractivity contribution is 5.89. The maximum absolute atomic E-state index is 13.0. The van der Waals surface area contributed by atoms with Crippen molar-refractivity contribution in [2.75, 3.05) is 26.7 Å². The first-order valence-electron chi connectivity index (χ1n) is 7.87. The Kier molecular flexibility index (Phi) is 5.64. The zero-order valence-electron chi connectivity index (χ0n) is 13.3. The normalized spacial score (nSPS) is 19.5. The molecule has 1 aliphatic heterocycles. The summed E-state index contributed by atoms with van der Waals surface area (Å²) in [5.74, 6) is -0.119.